The van der Waals surface area contributed by atoms with Gasteiger partial charge in [0.05, 0.1) is 0 Å². The van der Waals surface area contributed by atoms with Gasteiger partial charge in [-0.05, 0) is 6.42 Å². The van der Waals surface area contributed by atoms with Gasteiger partial charge in [0.25, 0.3) is 0 Å². The summed E-state index contributed by atoms with van der Waals surface area (Å²) in [6.07, 6.45) is 0.416. The number of alkyl halides is 1. The lowest BCUT2D eigenvalue weighted by molar-refractivity contribution is -0.166. The first kappa shape index (κ1) is 9.98. The van der Waals surface area contributed by atoms with Gasteiger partial charge < -0.3 is 10.1 Å². The van der Waals surface area contributed by atoms with Crippen LogP contribution < -0.4 is 5.32 Å². The van der Waals surface area contributed by atoms with Crippen molar-refractivity contribution >= 4 is 29.4 Å². The van der Waals surface area contributed by atoms with Gasteiger partial charge >= 0.3 is 11.9 Å². The lowest BCUT2D eigenvalue weighted by Crippen LogP contribution is -2.46. The van der Waals surface area contributed by atoms with Crippen LogP contribution in [0.25, 0.3) is 0 Å². The first-order valence-corrected chi connectivity index (χ1v) is 4.27. The summed E-state index contributed by atoms with van der Waals surface area (Å²) in [6.45, 7) is 0. The predicted octanol–water partition coefficient (Wildman–Crippen LogP) is -0.426. The zero-order chi connectivity index (χ0) is 9.84. The Morgan fingerprint density at radius 1 is 1.62 bits per heavy atom. The highest BCUT2D eigenvalue weighted by atomic mass is 35.5. The van der Waals surface area contributed by atoms with Gasteiger partial charge in [-0.1, -0.05) is 0 Å². The molecule has 0 aromatic carbocycles. The van der Waals surface area contributed by atoms with Crippen LogP contribution in [-0.2, 0) is 19.1 Å². The van der Waals surface area contributed by atoms with Gasteiger partial charge in [-0.3, -0.25) is 9.59 Å². The van der Waals surface area contributed by atoms with E-state index in [1.807, 2.05) is 0 Å². The van der Waals surface area contributed by atoms with Gasteiger partial charge in [0.1, 0.15) is 11.9 Å². The molecule has 1 atom stereocenters. The third-order valence-corrected chi connectivity index (χ3v) is 1.84. The van der Waals surface area contributed by atoms with Gasteiger partial charge in [0, 0.05) is 6.42 Å². The molecule has 1 saturated heterocycles. The van der Waals surface area contributed by atoms with Crippen LogP contribution in [0.2, 0.25) is 0 Å². The van der Waals surface area contributed by atoms with Crippen molar-refractivity contribution in [3.8, 4) is 0 Å². The molecule has 1 heterocycles. The van der Waals surface area contributed by atoms with Gasteiger partial charge in [0.15, 0.2) is 0 Å². The number of rotatable bonds is 2. The predicted molar refractivity (Wildman–Crippen MR) is 43.0 cm³/mol. The molecule has 0 aliphatic carbocycles. The number of hydrogen-bond donors (Lipinski definition) is 1. The minimum Gasteiger partial charge on any atom is -0.392 e. The fourth-order valence-electron chi connectivity index (χ4n) is 0.978. The van der Waals surface area contributed by atoms with Crippen molar-refractivity contribution in [1.29, 1.82) is 0 Å². The summed E-state index contributed by atoms with van der Waals surface area (Å²) in [5.41, 5.74) is 0. The van der Waals surface area contributed by atoms with Crippen LogP contribution >= 0.6 is 11.6 Å². The molecule has 0 unspecified atom stereocenters. The molecule has 1 amide bonds. The maximum absolute atomic E-state index is 11.0. The molecule has 1 fully saturated rings. The smallest absolute Gasteiger partial charge is 0.336 e. The number of nitrogens with one attached hydrogen (secondary N) is 1. The summed E-state index contributed by atoms with van der Waals surface area (Å²) in [7, 11) is 0. The Labute approximate surface area is 79.4 Å². The van der Waals surface area contributed by atoms with Crippen LogP contribution in [0.1, 0.15) is 12.8 Å². The Kier molecular flexibility index (Phi) is 3.25. The first-order valence-electron chi connectivity index (χ1n) is 3.73. The number of carbonyl (C=O) groups is 3. The van der Waals surface area contributed by atoms with Gasteiger partial charge in [0.2, 0.25) is 5.91 Å². The molecule has 6 heteroatoms. The van der Waals surface area contributed by atoms with E-state index in [-0.39, 0.29) is 18.7 Å². The van der Waals surface area contributed by atoms with Crippen LogP contribution in [0.5, 0.6) is 0 Å². The standard InChI is InChI=1S/C7H8ClNO4/c8-3-5(10)9-4-1-2-6(11)13-7(4)12/h4H,1-3H2,(H,9,10)/t4-/m0/s1. The average Bonchev–Trinajstić information content (AvgIpc) is 2.09. The SMILES string of the molecule is O=C(CCl)N[C@H]1CCC(=O)OC1=O. The lowest BCUT2D eigenvalue weighted by atomic mass is 10.1. The normalized spacial score (nSPS) is 22.4. The number of ether oxygens (including phenoxy) is 1. The van der Waals surface area contributed by atoms with Crippen molar-refractivity contribution in [2.45, 2.75) is 18.9 Å². The van der Waals surface area contributed by atoms with E-state index in [0.29, 0.717) is 0 Å². The van der Waals surface area contributed by atoms with Gasteiger partial charge in [-0.2, -0.15) is 0 Å². The molecular formula is C7H8ClNO4. The summed E-state index contributed by atoms with van der Waals surface area (Å²) in [6, 6.07) is -0.732. The molecule has 72 valence electrons. The Morgan fingerprint density at radius 3 is 2.85 bits per heavy atom. The largest absolute Gasteiger partial charge is 0.392 e. The Hall–Kier alpha value is -1.10. The van der Waals surface area contributed by atoms with Crippen LogP contribution in [0.4, 0.5) is 0 Å². The topological polar surface area (TPSA) is 72.5 Å². The highest BCUT2D eigenvalue weighted by Gasteiger charge is 2.29. The van der Waals surface area contributed by atoms with E-state index in [1.54, 1.807) is 0 Å². The molecule has 1 rings (SSSR count). The molecule has 1 aliphatic rings. The highest BCUT2D eigenvalue weighted by Crippen LogP contribution is 2.08. The number of amides is 1. The fraction of sp³-hybridized carbons (Fsp3) is 0.571. The second kappa shape index (κ2) is 4.23. The minimum absolute atomic E-state index is 0.138. The van der Waals surface area contributed by atoms with E-state index in [4.69, 9.17) is 11.6 Å². The quantitative estimate of drug-likeness (QED) is 0.377. The number of cyclic esters (lactones) is 2. The molecule has 0 bridgehead atoms. The summed E-state index contributed by atoms with van der Waals surface area (Å²) < 4.78 is 4.31. The summed E-state index contributed by atoms with van der Waals surface area (Å²) >= 11 is 5.22. The molecule has 13 heavy (non-hydrogen) atoms. The molecule has 1 aliphatic heterocycles. The Bertz CT molecular complexity index is 253. The van der Waals surface area contributed by atoms with Crippen LogP contribution in [-0.4, -0.2) is 29.8 Å². The molecule has 0 saturated carbocycles. The third kappa shape index (κ3) is 2.69. The van der Waals surface area contributed by atoms with Crippen molar-refractivity contribution in [3.05, 3.63) is 0 Å². The van der Waals surface area contributed by atoms with Crippen LogP contribution in [0, 0.1) is 0 Å². The van der Waals surface area contributed by atoms with E-state index in [2.05, 4.69) is 10.1 Å². The average molecular weight is 206 g/mol. The molecule has 5 nitrogen and oxygen atoms in total. The number of esters is 2. The van der Waals surface area contributed by atoms with Crippen molar-refractivity contribution in [1.82, 2.24) is 5.32 Å². The van der Waals surface area contributed by atoms with E-state index < -0.39 is 23.9 Å². The Balaban J connectivity index is 2.47. The maximum atomic E-state index is 11.0. The summed E-state index contributed by atoms with van der Waals surface area (Å²) in [5, 5.41) is 2.34. The molecule has 0 aromatic heterocycles. The van der Waals surface area contributed by atoms with Crippen molar-refractivity contribution in [3.63, 3.8) is 0 Å². The monoisotopic (exact) mass is 205 g/mol. The van der Waals surface area contributed by atoms with Crippen molar-refractivity contribution in [2.75, 3.05) is 5.88 Å². The lowest BCUT2D eigenvalue weighted by Gasteiger charge is -2.19. The third-order valence-electron chi connectivity index (χ3n) is 1.59. The van der Waals surface area contributed by atoms with Gasteiger partial charge in [-0.25, -0.2) is 4.79 Å². The number of carbonyl (C=O) groups excluding carboxylic acids is 3. The zero-order valence-corrected chi connectivity index (χ0v) is 7.47. The summed E-state index contributed by atoms with van der Waals surface area (Å²) in [4.78, 5) is 32.3. The van der Waals surface area contributed by atoms with Crippen LogP contribution in [0.15, 0.2) is 0 Å². The molecule has 0 aromatic rings. The molecule has 0 radical (unpaired) electrons. The molecule has 0 spiro atoms. The number of halogens is 1. The van der Waals surface area contributed by atoms with E-state index in [1.165, 1.54) is 0 Å². The van der Waals surface area contributed by atoms with Crippen molar-refractivity contribution in [2.24, 2.45) is 0 Å². The molecular weight excluding hydrogens is 198 g/mol. The van der Waals surface area contributed by atoms with Crippen LogP contribution in [0.3, 0.4) is 0 Å². The fourth-order valence-corrected chi connectivity index (χ4v) is 1.06. The highest BCUT2D eigenvalue weighted by molar-refractivity contribution is 6.27. The number of hydrogen-bond acceptors (Lipinski definition) is 4. The summed E-state index contributed by atoms with van der Waals surface area (Å²) in [5.74, 6) is -1.92. The maximum Gasteiger partial charge on any atom is 0.336 e. The second-order valence-electron chi connectivity index (χ2n) is 2.59. The second-order valence-corrected chi connectivity index (χ2v) is 2.85. The Morgan fingerprint density at radius 2 is 2.31 bits per heavy atom. The molecule has 1 N–H and O–H groups in total. The zero-order valence-electron chi connectivity index (χ0n) is 6.71. The van der Waals surface area contributed by atoms with E-state index in [9.17, 15) is 14.4 Å². The van der Waals surface area contributed by atoms with E-state index >= 15 is 0 Å². The van der Waals surface area contributed by atoms with E-state index in [0.717, 1.165) is 0 Å². The van der Waals surface area contributed by atoms with Gasteiger partial charge in [-0.15, -0.1) is 11.6 Å². The minimum atomic E-state index is -0.732. The van der Waals surface area contributed by atoms with Crippen molar-refractivity contribution < 1.29 is 19.1 Å². The first-order chi connectivity index (χ1) is 6.13.